The normalized spacial score (nSPS) is 26.3. The van der Waals surface area contributed by atoms with Crippen molar-refractivity contribution in [1.82, 2.24) is 30.0 Å². The number of imidazole rings is 1. The molecule has 5 rings (SSSR count). The van der Waals surface area contributed by atoms with Gasteiger partial charge in [0.05, 0.1) is 18.2 Å². The van der Waals surface area contributed by atoms with Crippen LogP contribution in [-0.4, -0.2) is 54.2 Å². The first kappa shape index (κ1) is 17.1. The van der Waals surface area contributed by atoms with Crippen LogP contribution >= 0.6 is 0 Å². The van der Waals surface area contributed by atoms with E-state index in [-0.39, 0.29) is 17.8 Å². The second-order valence-corrected chi connectivity index (χ2v) is 7.18. The van der Waals surface area contributed by atoms with Crippen molar-refractivity contribution in [3.05, 3.63) is 43.1 Å². The Balaban J connectivity index is 1.32. The maximum atomic E-state index is 14.5. The highest BCUT2D eigenvalue weighted by atomic mass is 19.1. The third-order valence-corrected chi connectivity index (χ3v) is 5.39. The second kappa shape index (κ2) is 6.83. The molecule has 4 atom stereocenters. The van der Waals surface area contributed by atoms with E-state index < -0.39 is 12.3 Å². The molecule has 2 aromatic heterocycles. The van der Waals surface area contributed by atoms with Gasteiger partial charge < -0.3 is 19.7 Å². The Bertz CT molecular complexity index is 965. The number of rotatable bonds is 4. The van der Waals surface area contributed by atoms with Gasteiger partial charge in [0.25, 0.3) is 0 Å². The van der Waals surface area contributed by atoms with Crippen LogP contribution in [0.5, 0.6) is 11.8 Å². The number of benzene rings is 1. The summed E-state index contributed by atoms with van der Waals surface area (Å²) >= 11 is 0. The molecule has 8 nitrogen and oxygen atoms in total. The molecule has 3 aromatic rings. The molecule has 28 heavy (non-hydrogen) atoms. The van der Waals surface area contributed by atoms with E-state index in [4.69, 9.17) is 4.74 Å². The average molecular weight is 382 g/mol. The predicted octanol–water partition coefficient (Wildman–Crippen LogP) is 2.04. The minimum Gasteiger partial charge on any atom is -0.507 e. The average Bonchev–Trinajstić information content (AvgIpc) is 3.37. The maximum absolute atomic E-state index is 14.5. The van der Waals surface area contributed by atoms with Gasteiger partial charge in [-0.1, -0.05) is 5.10 Å². The molecule has 2 fully saturated rings. The number of hydrogen-bond acceptors (Lipinski definition) is 7. The summed E-state index contributed by atoms with van der Waals surface area (Å²) in [6.45, 7) is 0. The minimum absolute atomic E-state index is 0.0484. The Kier molecular flexibility index (Phi) is 4.16. The number of nitrogens with one attached hydrogen (secondary N) is 1. The molecule has 4 heterocycles. The molecule has 0 saturated carbocycles. The molecule has 2 unspecified atom stereocenters. The highest BCUT2D eigenvalue weighted by Crippen LogP contribution is 2.32. The molecule has 0 aliphatic carbocycles. The lowest BCUT2D eigenvalue weighted by Crippen LogP contribution is -2.51. The lowest BCUT2D eigenvalue weighted by Gasteiger charge is -2.31. The molecule has 2 aliphatic heterocycles. The topological polar surface area (TPSA) is 98.0 Å². The number of fused-ring (bicyclic) bond motifs is 2. The predicted molar refractivity (Wildman–Crippen MR) is 97.9 cm³/mol. The fourth-order valence-electron chi connectivity index (χ4n) is 3.96. The number of aromatic nitrogens is 5. The standard InChI is InChI=1S/C19H19FN6O2/c20-18-14-4-1-11(23-14)7-17(18)28-19-22-9-15(24-25-19)13-3-2-12(8-16(13)27)26-6-5-21-10-26/h2-3,5-6,8-11,14,17-18,23,27H,1,4,7H2/t11?,14?,17-,18-/m0/s1. The van der Waals surface area contributed by atoms with Crippen molar-refractivity contribution in [3.63, 3.8) is 0 Å². The summed E-state index contributed by atoms with van der Waals surface area (Å²) in [4.78, 5) is 8.15. The van der Waals surface area contributed by atoms with Gasteiger partial charge in [-0.2, -0.15) is 0 Å². The number of halogens is 1. The molecular weight excluding hydrogens is 363 g/mol. The number of piperidine rings is 1. The Hall–Kier alpha value is -3.07. The van der Waals surface area contributed by atoms with Crippen LogP contribution in [0.15, 0.2) is 43.1 Å². The largest absolute Gasteiger partial charge is 0.507 e. The van der Waals surface area contributed by atoms with Gasteiger partial charge in [0.1, 0.15) is 17.5 Å². The van der Waals surface area contributed by atoms with E-state index in [0.29, 0.717) is 23.7 Å². The first-order valence-electron chi connectivity index (χ1n) is 9.25. The number of hydrogen-bond donors (Lipinski definition) is 2. The van der Waals surface area contributed by atoms with Gasteiger partial charge in [-0.15, -0.1) is 5.10 Å². The molecule has 2 saturated heterocycles. The summed E-state index contributed by atoms with van der Waals surface area (Å²) < 4.78 is 21.9. The van der Waals surface area contributed by atoms with Gasteiger partial charge in [0.2, 0.25) is 0 Å². The van der Waals surface area contributed by atoms with Crippen LogP contribution in [0.1, 0.15) is 19.3 Å². The van der Waals surface area contributed by atoms with Crippen LogP contribution in [0, 0.1) is 0 Å². The molecule has 0 spiro atoms. The van der Waals surface area contributed by atoms with Crippen molar-refractivity contribution in [3.8, 4) is 28.7 Å². The number of nitrogens with zero attached hydrogens (tertiary/aromatic N) is 5. The lowest BCUT2D eigenvalue weighted by molar-refractivity contribution is 0.0386. The monoisotopic (exact) mass is 382 g/mol. The van der Waals surface area contributed by atoms with Crippen LogP contribution < -0.4 is 10.1 Å². The Labute approximate surface area is 160 Å². The number of phenolic OH excluding ortho intramolecular Hbond substituents is 1. The molecule has 0 amide bonds. The summed E-state index contributed by atoms with van der Waals surface area (Å²) in [5.74, 6) is 0.0507. The third kappa shape index (κ3) is 3.07. The van der Waals surface area contributed by atoms with Crippen LogP contribution in [0.4, 0.5) is 4.39 Å². The van der Waals surface area contributed by atoms with Crippen molar-refractivity contribution in [1.29, 1.82) is 0 Å². The van der Waals surface area contributed by atoms with Crippen molar-refractivity contribution in [2.75, 3.05) is 0 Å². The number of phenols is 1. The van der Waals surface area contributed by atoms with Gasteiger partial charge in [-0.05, 0) is 25.0 Å². The quantitative estimate of drug-likeness (QED) is 0.712. The minimum atomic E-state index is -1.08. The van der Waals surface area contributed by atoms with E-state index in [2.05, 4.69) is 25.5 Å². The first-order valence-corrected chi connectivity index (χ1v) is 9.25. The van der Waals surface area contributed by atoms with Gasteiger partial charge in [0, 0.05) is 42.5 Å². The Morgan fingerprint density at radius 2 is 2.18 bits per heavy atom. The fraction of sp³-hybridized carbons (Fsp3) is 0.368. The van der Waals surface area contributed by atoms with E-state index in [1.807, 2.05) is 6.07 Å². The smallest absolute Gasteiger partial charge is 0.336 e. The Morgan fingerprint density at radius 3 is 2.93 bits per heavy atom. The highest BCUT2D eigenvalue weighted by Gasteiger charge is 2.43. The zero-order valence-corrected chi connectivity index (χ0v) is 14.9. The van der Waals surface area contributed by atoms with E-state index in [9.17, 15) is 9.50 Å². The molecular formula is C19H19FN6O2. The maximum Gasteiger partial charge on any atom is 0.336 e. The van der Waals surface area contributed by atoms with Gasteiger partial charge in [-0.3, -0.25) is 0 Å². The van der Waals surface area contributed by atoms with Crippen LogP contribution in [0.3, 0.4) is 0 Å². The summed E-state index contributed by atoms with van der Waals surface area (Å²) in [5.41, 5.74) is 1.68. The SMILES string of the molecule is Oc1cc(-n2ccnc2)ccc1-c1cnc(O[C@H]2CC3CCC(N3)[C@@H]2F)nn1. The Morgan fingerprint density at radius 1 is 1.25 bits per heavy atom. The summed E-state index contributed by atoms with van der Waals surface area (Å²) in [6.07, 6.45) is 7.32. The molecule has 2 aliphatic rings. The zero-order valence-electron chi connectivity index (χ0n) is 14.9. The van der Waals surface area contributed by atoms with Crippen molar-refractivity contribution >= 4 is 0 Å². The highest BCUT2D eigenvalue weighted by molar-refractivity contribution is 5.67. The second-order valence-electron chi connectivity index (χ2n) is 7.18. The van der Waals surface area contributed by atoms with E-state index >= 15 is 0 Å². The molecule has 2 bridgehead atoms. The van der Waals surface area contributed by atoms with Crippen molar-refractivity contribution < 1.29 is 14.2 Å². The molecule has 2 N–H and O–H groups in total. The van der Waals surface area contributed by atoms with Gasteiger partial charge in [0.15, 0.2) is 6.17 Å². The lowest BCUT2D eigenvalue weighted by atomic mass is 10.0. The van der Waals surface area contributed by atoms with E-state index in [1.165, 1.54) is 6.20 Å². The number of alkyl halides is 1. The summed E-state index contributed by atoms with van der Waals surface area (Å²) in [7, 11) is 0. The van der Waals surface area contributed by atoms with Gasteiger partial charge in [-0.25, -0.2) is 14.4 Å². The van der Waals surface area contributed by atoms with Crippen molar-refractivity contribution in [2.45, 2.75) is 43.6 Å². The van der Waals surface area contributed by atoms with Crippen LogP contribution in [-0.2, 0) is 0 Å². The molecule has 0 radical (unpaired) electrons. The van der Waals surface area contributed by atoms with Crippen LogP contribution in [0.2, 0.25) is 0 Å². The fourth-order valence-corrected chi connectivity index (χ4v) is 3.96. The third-order valence-electron chi connectivity index (χ3n) is 5.39. The van der Waals surface area contributed by atoms with Gasteiger partial charge >= 0.3 is 6.01 Å². The van der Waals surface area contributed by atoms with Crippen molar-refractivity contribution in [2.24, 2.45) is 0 Å². The van der Waals surface area contributed by atoms with E-state index in [1.54, 1.807) is 35.4 Å². The molecule has 1 aromatic carbocycles. The molecule has 9 heteroatoms. The summed E-state index contributed by atoms with van der Waals surface area (Å²) in [6, 6.07) is 5.37. The molecule has 144 valence electrons. The first-order chi connectivity index (χ1) is 13.7. The zero-order chi connectivity index (χ0) is 19.1. The van der Waals surface area contributed by atoms with E-state index in [0.717, 1.165) is 18.5 Å². The summed E-state index contributed by atoms with van der Waals surface area (Å²) in [5, 5.41) is 21.7. The van der Waals surface area contributed by atoms with Crippen LogP contribution in [0.25, 0.3) is 16.9 Å². The number of aromatic hydroxyl groups is 1. The number of ether oxygens (including phenoxy) is 1.